The molecule has 2 rings (SSSR count). The normalized spacial score (nSPS) is 19.3. The first-order valence-electron chi connectivity index (χ1n) is 5.19. The average molecular weight is 237 g/mol. The number of carboxylic acids is 1. The Morgan fingerprint density at radius 3 is 3.06 bits per heavy atom. The average Bonchev–Trinajstić information content (AvgIpc) is 2.77. The summed E-state index contributed by atoms with van der Waals surface area (Å²) in [4.78, 5) is 26.6. The lowest BCUT2D eigenvalue weighted by molar-refractivity contribution is -0.384. The number of aromatic nitrogens is 1. The summed E-state index contributed by atoms with van der Waals surface area (Å²) in [6.07, 6.45) is 3.80. The van der Waals surface area contributed by atoms with Gasteiger partial charge < -0.3 is 10.0 Å². The summed E-state index contributed by atoms with van der Waals surface area (Å²) < 4.78 is 0. The summed E-state index contributed by atoms with van der Waals surface area (Å²) in [5.74, 6) is -0.950. The van der Waals surface area contributed by atoms with Crippen LogP contribution in [0.1, 0.15) is 12.8 Å². The Kier molecular flexibility index (Phi) is 2.90. The Balaban J connectivity index is 2.39. The SMILES string of the molecule is O=C(O)C1CCCN1c1ccncc1[N+](=O)[O-]. The third kappa shape index (κ3) is 2.03. The monoisotopic (exact) mass is 237 g/mol. The summed E-state index contributed by atoms with van der Waals surface area (Å²) in [7, 11) is 0. The molecule has 1 aliphatic rings. The molecule has 0 radical (unpaired) electrons. The lowest BCUT2D eigenvalue weighted by Gasteiger charge is -2.22. The number of aliphatic carboxylic acids is 1. The standard InChI is InChI=1S/C10H11N3O4/c14-10(15)8-2-1-5-12(8)7-3-4-11-6-9(7)13(16)17/h3-4,6,8H,1-2,5H2,(H,14,15). The first-order valence-corrected chi connectivity index (χ1v) is 5.19. The smallest absolute Gasteiger partial charge is 0.326 e. The number of hydrogen-bond donors (Lipinski definition) is 1. The van der Waals surface area contributed by atoms with Crippen molar-refractivity contribution in [3.63, 3.8) is 0 Å². The quantitative estimate of drug-likeness (QED) is 0.623. The first-order chi connectivity index (χ1) is 8.11. The Labute approximate surface area is 96.8 Å². The highest BCUT2D eigenvalue weighted by Gasteiger charge is 2.34. The van der Waals surface area contributed by atoms with Gasteiger partial charge in [0.15, 0.2) is 0 Å². The molecular formula is C10H11N3O4. The molecule has 1 atom stereocenters. The number of carboxylic acid groups (broad SMARTS) is 1. The molecule has 0 saturated carbocycles. The van der Waals surface area contributed by atoms with Gasteiger partial charge >= 0.3 is 11.7 Å². The number of rotatable bonds is 3. The van der Waals surface area contributed by atoms with Gasteiger partial charge in [-0.1, -0.05) is 0 Å². The Hall–Kier alpha value is -2.18. The number of nitro groups is 1. The third-order valence-corrected chi connectivity index (χ3v) is 2.82. The second-order valence-electron chi connectivity index (χ2n) is 3.81. The molecule has 90 valence electrons. The summed E-state index contributed by atoms with van der Waals surface area (Å²) in [5, 5.41) is 19.9. The van der Waals surface area contributed by atoms with Crippen molar-refractivity contribution in [1.29, 1.82) is 0 Å². The van der Waals surface area contributed by atoms with Gasteiger partial charge in [-0.2, -0.15) is 0 Å². The largest absolute Gasteiger partial charge is 0.480 e. The van der Waals surface area contributed by atoms with E-state index in [2.05, 4.69) is 4.98 Å². The molecule has 2 heterocycles. The molecule has 7 heteroatoms. The molecule has 1 aromatic heterocycles. The van der Waals surface area contributed by atoms with Crippen molar-refractivity contribution < 1.29 is 14.8 Å². The van der Waals surface area contributed by atoms with Gasteiger partial charge in [-0.3, -0.25) is 15.1 Å². The minimum absolute atomic E-state index is 0.152. The van der Waals surface area contributed by atoms with E-state index in [-0.39, 0.29) is 5.69 Å². The second kappa shape index (κ2) is 4.36. The van der Waals surface area contributed by atoms with Crippen LogP contribution in [-0.2, 0) is 4.79 Å². The fourth-order valence-corrected chi connectivity index (χ4v) is 2.07. The van der Waals surface area contributed by atoms with E-state index in [1.54, 1.807) is 4.90 Å². The molecule has 1 aliphatic heterocycles. The van der Waals surface area contributed by atoms with Crippen molar-refractivity contribution in [2.24, 2.45) is 0 Å². The molecule has 1 N–H and O–H groups in total. The summed E-state index contributed by atoms with van der Waals surface area (Å²) in [6.45, 7) is 0.516. The van der Waals surface area contributed by atoms with Crippen LogP contribution in [0.5, 0.6) is 0 Å². The molecule has 0 bridgehead atoms. The topological polar surface area (TPSA) is 96.6 Å². The summed E-state index contributed by atoms with van der Waals surface area (Å²) >= 11 is 0. The van der Waals surface area contributed by atoms with Gasteiger partial charge in [0, 0.05) is 12.7 Å². The van der Waals surface area contributed by atoms with E-state index in [0.29, 0.717) is 18.7 Å². The van der Waals surface area contributed by atoms with Crippen LogP contribution in [0.15, 0.2) is 18.5 Å². The number of hydrogen-bond acceptors (Lipinski definition) is 5. The van der Waals surface area contributed by atoms with E-state index >= 15 is 0 Å². The number of carbonyl (C=O) groups is 1. The van der Waals surface area contributed by atoms with Crippen LogP contribution in [0.25, 0.3) is 0 Å². The van der Waals surface area contributed by atoms with Crippen LogP contribution < -0.4 is 4.90 Å². The maximum Gasteiger partial charge on any atom is 0.326 e. The van der Waals surface area contributed by atoms with Gasteiger partial charge in [-0.05, 0) is 18.9 Å². The highest BCUT2D eigenvalue weighted by Crippen LogP contribution is 2.32. The van der Waals surface area contributed by atoms with Crippen molar-refractivity contribution in [3.8, 4) is 0 Å². The molecule has 17 heavy (non-hydrogen) atoms. The van der Waals surface area contributed by atoms with E-state index in [0.717, 1.165) is 12.6 Å². The van der Waals surface area contributed by atoms with E-state index < -0.39 is 16.9 Å². The maximum atomic E-state index is 11.0. The molecule has 1 saturated heterocycles. The fourth-order valence-electron chi connectivity index (χ4n) is 2.07. The van der Waals surface area contributed by atoms with Gasteiger partial charge in [-0.25, -0.2) is 4.79 Å². The molecule has 1 aromatic rings. The van der Waals surface area contributed by atoms with E-state index in [4.69, 9.17) is 5.11 Å². The van der Waals surface area contributed by atoms with E-state index in [1.807, 2.05) is 0 Å². The molecule has 1 fully saturated rings. The minimum atomic E-state index is -0.950. The molecule has 7 nitrogen and oxygen atoms in total. The van der Waals surface area contributed by atoms with E-state index in [9.17, 15) is 14.9 Å². The van der Waals surface area contributed by atoms with Crippen LogP contribution in [0.2, 0.25) is 0 Å². The van der Waals surface area contributed by atoms with Crippen molar-refractivity contribution in [2.75, 3.05) is 11.4 Å². The van der Waals surface area contributed by atoms with Gasteiger partial charge in [0.2, 0.25) is 0 Å². The molecule has 0 aromatic carbocycles. The van der Waals surface area contributed by atoms with Crippen molar-refractivity contribution in [1.82, 2.24) is 4.98 Å². The maximum absolute atomic E-state index is 11.0. The molecule has 0 aliphatic carbocycles. The Morgan fingerprint density at radius 2 is 2.41 bits per heavy atom. The highest BCUT2D eigenvalue weighted by atomic mass is 16.6. The molecule has 0 amide bonds. The summed E-state index contributed by atoms with van der Waals surface area (Å²) in [6, 6.07) is 0.801. The van der Waals surface area contributed by atoms with Crippen molar-refractivity contribution in [3.05, 3.63) is 28.6 Å². The molecule has 1 unspecified atom stereocenters. The number of pyridine rings is 1. The van der Waals surface area contributed by atoms with Crippen molar-refractivity contribution >= 4 is 17.3 Å². The van der Waals surface area contributed by atoms with Crippen LogP contribution in [0, 0.1) is 10.1 Å². The van der Waals surface area contributed by atoms with Gasteiger partial charge in [0.25, 0.3) is 0 Å². The molecule has 0 spiro atoms. The zero-order valence-electron chi connectivity index (χ0n) is 8.94. The Bertz CT molecular complexity index is 463. The zero-order valence-corrected chi connectivity index (χ0v) is 8.94. The lowest BCUT2D eigenvalue weighted by atomic mass is 10.2. The van der Waals surface area contributed by atoms with Gasteiger partial charge in [0.1, 0.15) is 17.9 Å². The second-order valence-corrected chi connectivity index (χ2v) is 3.81. The van der Waals surface area contributed by atoms with Crippen LogP contribution in [0.3, 0.4) is 0 Å². The van der Waals surface area contributed by atoms with E-state index in [1.165, 1.54) is 12.3 Å². The van der Waals surface area contributed by atoms with Gasteiger partial charge in [0.05, 0.1) is 4.92 Å². The first kappa shape index (κ1) is 11.3. The summed E-state index contributed by atoms with van der Waals surface area (Å²) in [5.41, 5.74) is 0.176. The predicted octanol–water partition coefficient (Wildman–Crippen LogP) is 1.04. The number of anilines is 1. The fraction of sp³-hybridized carbons (Fsp3) is 0.400. The Morgan fingerprint density at radius 1 is 1.65 bits per heavy atom. The lowest BCUT2D eigenvalue weighted by Crippen LogP contribution is -2.36. The third-order valence-electron chi connectivity index (χ3n) is 2.82. The highest BCUT2D eigenvalue weighted by molar-refractivity contribution is 5.80. The van der Waals surface area contributed by atoms with Gasteiger partial charge in [-0.15, -0.1) is 0 Å². The van der Waals surface area contributed by atoms with Crippen LogP contribution in [0.4, 0.5) is 11.4 Å². The van der Waals surface area contributed by atoms with Crippen LogP contribution in [-0.4, -0.2) is 33.6 Å². The predicted molar refractivity (Wildman–Crippen MR) is 58.9 cm³/mol. The number of nitrogens with zero attached hydrogens (tertiary/aromatic N) is 3. The minimum Gasteiger partial charge on any atom is -0.480 e. The van der Waals surface area contributed by atoms with Crippen LogP contribution >= 0.6 is 0 Å². The zero-order chi connectivity index (χ0) is 12.4. The molecular weight excluding hydrogens is 226 g/mol. The van der Waals surface area contributed by atoms with Crippen molar-refractivity contribution in [2.45, 2.75) is 18.9 Å².